The van der Waals surface area contributed by atoms with Crippen LogP contribution in [0.2, 0.25) is 0 Å². The Bertz CT molecular complexity index is 361. The van der Waals surface area contributed by atoms with Crippen LogP contribution in [0.15, 0.2) is 24.3 Å². The Hall–Kier alpha value is -1.68. The van der Waals surface area contributed by atoms with Crippen LogP contribution in [0.5, 0.6) is 0 Å². The van der Waals surface area contributed by atoms with E-state index >= 15 is 0 Å². The van der Waals surface area contributed by atoms with Gasteiger partial charge in [0.1, 0.15) is 5.69 Å². The molecule has 1 rings (SSSR count). The summed E-state index contributed by atoms with van der Waals surface area (Å²) < 4.78 is 4.84. The number of ether oxygens (including phenoxy) is 1. The molecule has 1 aromatic rings. The fourth-order valence-electron chi connectivity index (χ4n) is 1.05. The van der Waals surface area contributed by atoms with Gasteiger partial charge in [-0.25, -0.2) is 9.78 Å². The van der Waals surface area contributed by atoms with Gasteiger partial charge in [-0.15, -0.1) is 0 Å². The lowest BCUT2D eigenvalue weighted by atomic mass is 10.3. The summed E-state index contributed by atoms with van der Waals surface area (Å²) in [7, 11) is 0. The van der Waals surface area contributed by atoms with Crippen molar-refractivity contribution in [2.45, 2.75) is 6.92 Å². The third-order valence-corrected chi connectivity index (χ3v) is 1.68. The zero-order chi connectivity index (χ0) is 11.1. The SMILES string of the molecule is CCOC(=O)c1cccc(C=CCN)n1. The Morgan fingerprint density at radius 2 is 2.40 bits per heavy atom. The summed E-state index contributed by atoms with van der Waals surface area (Å²) in [5.41, 5.74) is 6.33. The second kappa shape index (κ2) is 5.93. The number of carbonyl (C=O) groups excluding carboxylic acids is 1. The van der Waals surface area contributed by atoms with Gasteiger partial charge in [0.05, 0.1) is 12.3 Å². The van der Waals surface area contributed by atoms with Crippen LogP contribution in [-0.2, 0) is 4.74 Å². The second-order valence-corrected chi connectivity index (χ2v) is 2.81. The van der Waals surface area contributed by atoms with Crippen LogP contribution in [0.3, 0.4) is 0 Å². The number of hydrogen-bond donors (Lipinski definition) is 1. The van der Waals surface area contributed by atoms with Gasteiger partial charge in [-0.1, -0.05) is 12.1 Å². The standard InChI is InChI=1S/C11H14N2O2/c1-2-15-11(14)10-7-3-5-9(13-10)6-4-8-12/h3-7H,2,8,12H2,1H3. The first-order valence-corrected chi connectivity index (χ1v) is 4.78. The predicted molar refractivity (Wildman–Crippen MR) is 58.3 cm³/mol. The van der Waals surface area contributed by atoms with Gasteiger partial charge in [0, 0.05) is 6.54 Å². The molecule has 4 heteroatoms. The molecule has 0 saturated carbocycles. The molecular formula is C11H14N2O2. The molecule has 0 spiro atoms. The predicted octanol–water partition coefficient (Wildman–Crippen LogP) is 1.23. The van der Waals surface area contributed by atoms with Crippen LogP contribution in [0.25, 0.3) is 6.08 Å². The molecule has 4 nitrogen and oxygen atoms in total. The van der Waals surface area contributed by atoms with Crippen LogP contribution in [0.1, 0.15) is 23.1 Å². The van der Waals surface area contributed by atoms with E-state index in [4.69, 9.17) is 10.5 Å². The number of hydrogen-bond acceptors (Lipinski definition) is 4. The average Bonchev–Trinajstić information content (AvgIpc) is 2.27. The van der Waals surface area contributed by atoms with Crippen LogP contribution in [0.4, 0.5) is 0 Å². The minimum Gasteiger partial charge on any atom is -0.461 e. The third-order valence-electron chi connectivity index (χ3n) is 1.68. The molecule has 0 fully saturated rings. The Labute approximate surface area is 88.8 Å². The van der Waals surface area contributed by atoms with Crippen molar-refractivity contribution in [1.29, 1.82) is 0 Å². The molecule has 0 unspecified atom stereocenters. The van der Waals surface area contributed by atoms with E-state index in [9.17, 15) is 4.79 Å². The Balaban J connectivity index is 2.82. The van der Waals surface area contributed by atoms with Crippen LogP contribution in [-0.4, -0.2) is 24.1 Å². The topological polar surface area (TPSA) is 65.2 Å². The minimum absolute atomic E-state index is 0.316. The highest BCUT2D eigenvalue weighted by Crippen LogP contribution is 2.03. The first kappa shape index (κ1) is 11.4. The van der Waals surface area contributed by atoms with E-state index in [-0.39, 0.29) is 0 Å². The highest BCUT2D eigenvalue weighted by atomic mass is 16.5. The molecule has 0 aromatic carbocycles. The molecule has 0 radical (unpaired) electrons. The van der Waals surface area contributed by atoms with Gasteiger partial charge >= 0.3 is 5.97 Å². The molecule has 0 bridgehead atoms. The van der Waals surface area contributed by atoms with Crippen LogP contribution < -0.4 is 5.73 Å². The summed E-state index contributed by atoms with van der Waals surface area (Å²) >= 11 is 0. The molecule has 80 valence electrons. The number of carbonyl (C=O) groups is 1. The summed E-state index contributed by atoms with van der Waals surface area (Å²) in [5.74, 6) is -0.402. The fraction of sp³-hybridized carbons (Fsp3) is 0.273. The molecular weight excluding hydrogens is 192 g/mol. The molecule has 15 heavy (non-hydrogen) atoms. The van der Waals surface area contributed by atoms with Crippen molar-refractivity contribution in [3.05, 3.63) is 35.7 Å². The molecule has 0 saturated heterocycles. The molecule has 0 aliphatic rings. The van der Waals surface area contributed by atoms with E-state index in [1.165, 1.54) is 0 Å². The van der Waals surface area contributed by atoms with Crippen molar-refractivity contribution in [2.24, 2.45) is 5.73 Å². The van der Waals surface area contributed by atoms with Crippen molar-refractivity contribution in [3.8, 4) is 0 Å². The second-order valence-electron chi connectivity index (χ2n) is 2.81. The number of pyridine rings is 1. The molecule has 0 amide bonds. The van der Waals surface area contributed by atoms with E-state index in [2.05, 4.69) is 4.98 Å². The van der Waals surface area contributed by atoms with Crippen molar-refractivity contribution in [3.63, 3.8) is 0 Å². The maximum Gasteiger partial charge on any atom is 0.356 e. The maximum absolute atomic E-state index is 11.3. The Morgan fingerprint density at radius 3 is 3.07 bits per heavy atom. The summed E-state index contributed by atoms with van der Waals surface area (Å²) in [4.78, 5) is 15.4. The third kappa shape index (κ3) is 3.52. The number of nitrogens with two attached hydrogens (primary N) is 1. The van der Waals surface area contributed by atoms with Gasteiger partial charge in [0.15, 0.2) is 0 Å². The summed E-state index contributed by atoms with van der Waals surface area (Å²) in [6, 6.07) is 5.18. The number of rotatable bonds is 4. The average molecular weight is 206 g/mol. The number of aromatic nitrogens is 1. The summed E-state index contributed by atoms with van der Waals surface area (Å²) in [5, 5.41) is 0. The van der Waals surface area contributed by atoms with E-state index in [1.54, 1.807) is 37.3 Å². The van der Waals surface area contributed by atoms with Gasteiger partial charge in [0.25, 0.3) is 0 Å². The van der Waals surface area contributed by atoms with Gasteiger partial charge in [-0.2, -0.15) is 0 Å². The normalized spacial score (nSPS) is 10.5. The van der Waals surface area contributed by atoms with Crippen molar-refractivity contribution >= 4 is 12.0 Å². The molecule has 0 aliphatic heterocycles. The Morgan fingerprint density at radius 1 is 1.60 bits per heavy atom. The highest BCUT2D eigenvalue weighted by molar-refractivity contribution is 5.87. The molecule has 1 aromatic heterocycles. The van der Waals surface area contributed by atoms with Crippen molar-refractivity contribution < 1.29 is 9.53 Å². The van der Waals surface area contributed by atoms with Crippen LogP contribution in [0, 0.1) is 0 Å². The van der Waals surface area contributed by atoms with E-state index in [0.717, 1.165) is 0 Å². The van der Waals surface area contributed by atoms with Crippen molar-refractivity contribution in [1.82, 2.24) is 4.98 Å². The first-order chi connectivity index (χ1) is 7.27. The zero-order valence-electron chi connectivity index (χ0n) is 8.64. The summed E-state index contributed by atoms with van der Waals surface area (Å²) in [6.45, 7) is 2.56. The van der Waals surface area contributed by atoms with Gasteiger partial charge in [-0.3, -0.25) is 0 Å². The number of nitrogens with zero attached hydrogens (tertiary/aromatic N) is 1. The van der Waals surface area contributed by atoms with Gasteiger partial charge in [-0.05, 0) is 25.1 Å². The van der Waals surface area contributed by atoms with Gasteiger partial charge in [0.2, 0.25) is 0 Å². The smallest absolute Gasteiger partial charge is 0.356 e. The quantitative estimate of drug-likeness (QED) is 0.752. The molecule has 2 N–H and O–H groups in total. The lowest BCUT2D eigenvalue weighted by Gasteiger charge is -2.01. The summed E-state index contributed by atoms with van der Waals surface area (Å²) in [6.07, 6.45) is 3.54. The van der Waals surface area contributed by atoms with E-state index < -0.39 is 5.97 Å². The van der Waals surface area contributed by atoms with E-state index in [1.807, 2.05) is 0 Å². The fourth-order valence-corrected chi connectivity index (χ4v) is 1.05. The lowest BCUT2D eigenvalue weighted by Crippen LogP contribution is -2.07. The van der Waals surface area contributed by atoms with E-state index in [0.29, 0.717) is 24.5 Å². The minimum atomic E-state index is -0.402. The zero-order valence-corrected chi connectivity index (χ0v) is 8.64. The van der Waals surface area contributed by atoms with Crippen LogP contribution >= 0.6 is 0 Å². The monoisotopic (exact) mass is 206 g/mol. The number of esters is 1. The maximum atomic E-state index is 11.3. The van der Waals surface area contributed by atoms with Crippen molar-refractivity contribution in [2.75, 3.05) is 13.2 Å². The largest absolute Gasteiger partial charge is 0.461 e. The highest BCUT2D eigenvalue weighted by Gasteiger charge is 2.07. The van der Waals surface area contributed by atoms with Gasteiger partial charge < -0.3 is 10.5 Å². The molecule has 1 heterocycles. The molecule has 0 atom stereocenters. The molecule has 0 aliphatic carbocycles. The lowest BCUT2D eigenvalue weighted by molar-refractivity contribution is 0.0519. The Kier molecular flexibility index (Phi) is 4.50. The first-order valence-electron chi connectivity index (χ1n) is 4.78.